The van der Waals surface area contributed by atoms with Gasteiger partial charge in [-0.15, -0.1) is 0 Å². The Kier molecular flexibility index (Phi) is 6.20. The average molecular weight is 572 g/mol. The number of hydrogen-bond donors (Lipinski definition) is 0. The third kappa shape index (κ3) is 3.64. The smallest absolute Gasteiger partial charge is 0.186 e. The number of ketones is 3. The molecule has 0 bridgehead atoms. The van der Waals surface area contributed by atoms with Crippen molar-refractivity contribution in [1.29, 1.82) is 0 Å². The zero-order valence-corrected chi connectivity index (χ0v) is 23.9. The minimum Gasteiger partial charge on any atom is -0.497 e. The Bertz CT molecular complexity index is 1810. The van der Waals surface area contributed by atoms with Crippen LogP contribution in [0.2, 0.25) is 0 Å². The van der Waals surface area contributed by atoms with Gasteiger partial charge in [-0.3, -0.25) is 14.4 Å². The third-order valence-electron chi connectivity index (χ3n) is 9.10. The standard InChI is InChI=1S/C36H29NO6/c1-41-24-11-8-10-23(19-24)33(38)32-31(22-15-17-28(42-2)29(20-22)43-3)36(34(39)25-12-5-6-13-26(25)35(36)40)30-18-16-21-9-4-7-14-27(21)37(30)32/h4-20,30-32H,1-3H3/t30-,31-,32-/m0/s1. The maximum Gasteiger partial charge on any atom is 0.186 e. The summed E-state index contributed by atoms with van der Waals surface area (Å²) in [5.41, 5.74) is 1.89. The SMILES string of the molecule is COc1cccc(C(=O)[C@@H]2[C@H](c3ccc(OC)c(OC)c3)C3(C(=O)c4ccccc4C3=O)[C@@H]3C=Cc4ccccc4N23)c1. The van der Waals surface area contributed by atoms with Crippen LogP contribution in [0.4, 0.5) is 5.69 Å². The summed E-state index contributed by atoms with van der Waals surface area (Å²) in [5, 5.41) is 0. The van der Waals surface area contributed by atoms with Crippen molar-refractivity contribution in [2.24, 2.45) is 5.41 Å². The number of carbonyl (C=O) groups is 3. The van der Waals surface area contributed by atoms with Crippen LogP contribution in [0.5, 0.6) is 17.2 Å². The van der Waals surface area contributed by atoms with Crippen molar-refractivity contribution in [1.82, 2.24) is 0 Å². The van der Waals surface area contributed by atoms with Crippen molar-refractivity contribution in [3.63, 3.8) is 0 Å². The molecule has 1 fully saturated rings. The molecule has 0 aromatic heterocycles. The number of carbonyl (C=O) groups excluding carboxylic acids is 3. The number of benzene rings is 4. The van der Waals surface area contributed by atoms with Crippen molar-refractivity contribution in [2.75, 3.05) is 26.2 Å². The first-order valence-electron chi connectivity index (χ1n) is 14.1. The Morgan fingerprint density at radius 3 is 2.14 bits per heavy atom. The van der Waals surface area contributed by atoms with Crippen LogP contribution in [0.1, 0.15) is 48.1 Å². The lowest BCUT2D eigenvalue weighted by Gasteiger charge is -2.37. The topological polar surface area (TPSA) is 82.1 Å². The van der Waals surface area contributed by atoms with Gasteiger partial charge in [0.15, 0.2) is 28.8 Å². The fourth-order valence-electron chi connectivity index (χ4n) is 7.28. The van der Waals surface area contributed by atoms with Crippen molar-refractivity contribution < 1.29 is 28.6 Å². The van der Waals surface area contributed by atoms with Gasteiger partial charge < -0.3 is 19.1 Å². The van der Waals surface area contributed by atoms with Crippen molar-refractivity contribution >= 4 is 29.1 Å². The molecular weight excluding hydrogens is 542 g/mol. The molecule has 0 unspecified atom stereocenters. The van der Waals surface area contributed by atoms with Gasteiger partial charge in [-0.1, -0.05) is 72.8 Å². The molecule has 7 rings (SSSR count). The van der Waals surface area contributed by atoms with Crippen LogP contribution in [-0.4, -0.2) is 50.8 Å². The number of nitrogens with zero attached hydrogens (tertiary/aromatic N) is 1. The summed E-state index contributed by atoms with van der Waals surface area (Å²) < 4.78 is 16.6. The van der Waals surface area contributed by atoms with Crippen LogP contribution < -0.4 is 19.1 Å². The second-order valence-corrected chi connectivity index (χ2v) is 11.0. The highest BCUT2D eigenvalue weighted by atomic mass is 16.5. The highest BCUT2D eigenvalue weighted by Crippen LogP contribution is 2.61. The highest BCUT2D eigenvalue weighted by Gasteiger charge is 2.71. The molecule has 3 aliphatic rings. The van der Waals surface area contributed by atoms with E-state index < -0.39 is 23.4 Å². The Labute approximate surface area is 249 Å². The molecule has 7 nitrogen and oxygen atoms in total. The van der Waals surface area contributed by atoms with E-state index in [-0.39, 0.29) is 17.3 Å². The molecule has 0 amide bonds. The van der Waals surface area contributed by atoms with Gasteiger partial charge in [-0.25, -0.2) is 0 Å². The zero-order chi connectivity index (χ0) is 29.9. The van der Waals surface area contributed by atoms with Crippen molar-refractivity contribution in [3.05, 3.63) is 125 Å². The number of methoxy groups -OCH3 is 3. The van der Waals surface area contributed by atoms with Gasteiger partial charge in [0.25, 0.3) is 0 Å². The fourth-order valence-corrected chi connectivity index (χ4v) is 7.28. The average Bonchev–Trinajstić information content (AvgIpc) is 3.50. The second-order valence-electron chi connectivity index (χ2n) is 11.0. The molecule has 4 aromatic carbocycles. The Morgan fingerprint density at radius 1 is 0.744 bits per heavy atom. The van der Waals surface area contributed by atoms with E-state index in [9.17, 15) is 14.4 Å². The van der Waals surface area contributed by atoms with Gasteiger partial charge in [0, 0.05) is 28.3 Å². The lowest BCUT2D eigenvalue weighted by molar-refractivity contribution is 0.0665. The first-order valence-corrected chi connectivity index (χ1v) is 14.1. The number of anilines is 1. The highest BCUT2D eigenvalue weighted by molar-refractivity contribution is 6.32. The minimum atomic E-state index is -1.60. The van der Waals surface area contributed by atoms with Crippen LogP contribution >= 0.6 is 0 Å². The first-order chi connectivity index (χ1) is 20.9. The maximum absolute atomic E-state index is 14.9. The van der Waals surface area contributed by atoms with Crippen molar-refractivity contribution in [3.8, 4) is 17.2 Å². The first kappa shape index (κ1) is 26.7. The van der Waals surface area contributed by atoms with E-state index >= 15 is 0 Å². The number of ether oxygens (including phenoxy) is 3. The zero-order valence-electron chi connectivity index (χ0n) is 23.9. The second kappa shape index (κ2) is 9.98. The largest absolute Gasteiger partial charge is 0.497 e. The van der Waals surface area contributed by atoms with Crippen LogP contribution in [0.15, 0.2) is 97.1 Å². The molecular formula is C36H29NO6. The summed E-state index contributed by atoms with van der Waals surface area (Å²) in [7, 11) is 4.64. The van der Waals surface area contributed by atoms with E-state index in [1.165, 1.54) is 7.11 Å². The molecule has 2 aliphatic heterocycles. The van der Waals surface area contributed by atoms with Gasteiger partial charge in [-0.2, -0.15) is 0 Å². The maximum atomic E-state index is 14.9. The van der Waals surface area contributed by atoms with E-state index in [2.05, 4.69) is 0 Å². The Morgan fingerprint density at radius 2 is 1.44 bits per heavy atom. The van der Waals surface area contributed by atoms with E-state index in [4.69, 9.17) is 14.2 Å². The number of fused-ring (bicyclic) bond motifs is 5. The number of Topliss-reactive ketones (excluding diaryl/α,β-unsaturated/α-hetero) is 3. The van der Waals surface area contributed by atoms with Crippen LogP contribution in [-0.2, 0) is 0 Å². The molecule has 0 radical (unpaired) electrons. The third-order valence-corrected chi connectivity index (χ3v) is 9.10. The van der Waals surface area contributed by atoms with Crippen molar-refractivity contribution in [2.45, 2.75) is 18.0 Å². The molecule has 4 aromatic rings. The predicted octanol–water partition coefficient (Wildman–Crippen LogP) is 6.03. The summed E-state index contributed by atoms with van der Waals surface area (Å²) in [6, 6.07) is 25.4. The molecule has 1 saturated heterocycles. The molecule has 1 aliphatic carbocycles. The molecule has 7 heteroatoms. The molecule has 43 heavy (non-hydrogen) atoms. The quantitative estimate of drug-likeness (QED) is 0.207. The summed E-state index contributed by atoms with van der Waals surface area (Å²) in [5.74, 6) is -0.164. The summed E-state index contributed by atoms with van der Waals surface area (Å²) in [6.07, 6.45) is 3.86. The number of para-hydroxylation sites is 1. The van der Waals surface area contributed by atoms with Crippen LogP contribution in [0.25, 0.3) is 6.08 Å². The van der Waals surface area contributed by atoms with E-state index in [1.54, 1.807) is 74.9 Å². The number of hydrogen-bond acceptors (Lipinski definition) is 7. The van der Waals surface area contributed by atoms with Gasteiger partial charge in [-0.05, 0) is 41.5 Å². The van der Waals surface area contributed by atoms with Gasteiger partial charge in [0.1, 0.15) is 17.2 Å². The van der Waals surface area contributed by atoms with Crippen LogP contribution in [0.3, 0.4) is 0 Å². The Balaban J connectivity index is 1.55. The molecule has 0 N–H and O–H groups in total. The van der Waals surface area contributed by atoms with E-state index in [1.807, 2.05) is 47.4 Å². The van der Waals surface area contributed by atoms with Gasteiger partial charge in [0.05, 0.1) is 27.4 Å². The molecule has 1 spiro atoms. The molecule has 2 heterocycles. The van der Waals surface area contributed by atoms with Gasteiger partial charge >= 0.3 is 0 Å². The monoisotopic (exact) mass is 571 g/mol. The number of rotatable bonds is 6. The fraction of sp³-hybridized carbons (Fsp3) is 0.194. The van der Waals surface area contributed by atoms with Gasteiger partial charge in [0.2, 0.25) is 0 Å². The molecule has 0 saturated carbocycles. The summed E-state index contributed by atoms with van der Waals surface area (Å²) in [4.78, 5) is 46.4. The van der Waals surface area contributed by atoms with E-state index in [0.717, 1.165) is 11.3 Å². The summed E-state index contributed by atoms with van der Waals surface area (Å²) in [6.45, 7) is 0. The minimum absolute atomic E-state index is 0.220. The van der Waals surface area contributed by atoms with E-state index in [0.29, 0.717) is 39.5 Å². The normalized spacial score (nSPS) is 20.9. The van der Waals surface area contributed by atoms with Crippen LogP contribution in [0, 0.1) is 5.41 Å². The summed E-state index contributed by atoms with van der Waals surface area (Å²) >= 11 is 0. The molecule has 214 valence electrons. The lowest BCUT2D eigenvalue weighted by atomic mass is 9.64. The molecule has 3 atom stereocenters. The Hall–Kier alpha value is -5.17. The predicted molar refractivity (Wildman–Crippen MR) is 163 cm³/mol. The lowest BCUT2D eigenvalue weighted by Crippen LogP contribution is -2.48.